The van der Waals surface area contributed by atoms with E-state index >= 15 is 0 Å². The fraction of sp³-hybridized carbons (Fsp3) is 0.318. The van der Waals surface area contributed by atoms with Crippen molar-refractivity contribution < 1.29 is 24.3 Å². The average Bonchev–Trinajstić information content (AvgIpc) is 3.19. The second-order valence-corrected chi connectivity index (χ2v) is 7.96. The number of halogens is 1. The van der Waals surface area contributed by atoms with Gasteiger partial charge in [0.05, 0.1) is 19.1 Å². The molecule has 0 spiro atoms. The summed E-state index contributed by atoms with van der Waals surface area (Å²) in [5.74, 6) is -0.840. The molecule has 0 bridgehead atoms. The van der Waals surface area contributed by atoms with Crippen LogP contribution in [0.25, 0.3) is 0 Å². The number of phenols is 1. The van der Waals surface area contributed by atoms with Crippen molar-refractivity contribution in [2.24, 2.45) is 5.16 Å². The van der Waals surface area contributed by atoms with E-state index < -0.39 is 12.0 Å². The third kappa shape index (κ3) is 7.29. The van der Waals surface area contributed by atoms with Gasteiger partial charge in [-0.1, -0.05) is 47.6 Å². The Hall–Kier alpha value is -3.07. The van der Waals surface area contributed by atoms with Crippen molar-refractivity contribution in [3.63, 3.8) is 0 Å². The quantitative estimate of drug-likeness (QED) is 0.501. The molecule has 0 radical (unpaired) electrons. The van der Waals surface area contributed by atoms with Crippen molar-refractivity contribution in [2.45, 2.75) is 24.9 Å². The summed E-state index contributed by atoms with van der Waals surface area (Å²) in [6.07, 6.45) is 0.351. The Bertz CT molecular complexity index is 905. The summed E-state index contributed by atoms with van der Waals surface area (Å²) in [6, 6.07) is 16.0. The van der Waals surface area contributed by atoms with Gasteiger partial charge in [-0.15, -0.1) is 0 Å². The fourth-order valence-electron chi connectivity index (χ4n) is 3.05. The predicted molar refractivity (Wildman–Crippen MR) is 119 cm³/mol. The summed E-state index contributed by atoms with van der Waals surface area (Å²) in [5, 5.41) is 18.8. The number of carbonyl (C=O) groups is 2. The third-order valence-corrected chi connectivity index (χ3v) is 5.20. The first-order valence-corrected chi connectivity index (χ1v) is 10.7. The van der Waals surface area contributed by atoms with Crippen LogP contribution in [0.1, 0.15) is 23.5 Å². The van der Waals surface area contributed by atoms with Gasteiger partial charge in [0, 0.05) is 19.4 Å². The van der Waals surface area contributed by atoms with Gasteiger partial charge in [0.1, 0.15) is 10.4 Å². The monoisotopic (exact) mass is 489 g/mol. The van der Waals surface area contributed by atoms with E-state index in [1.807, 2.05) is 30.3 Å². The minimum Gasteiger partial charge on any atom is -0.508 e. The molecule has 1 unspecified atom stereocenters. The van der Waals surface area contributed by atoms with Crippen molar-refractivity contribution in [3.8, 4) is 5.75 Å². The number of nitrogens with zero attached hydrogens (tertiary/aromatic N) is 1. The number of hydrogen-bond acceptors (Lipinski definition) is 6. The summed E-state index contributed by atoms with van der Waals surface area (Å²) >= 11 is 3.26. The molecule has 1 aliphatic rings. The van der Waals surface area contributed by atoms with Crippen LogP contribution in [0.15, 0.2) is 59.8 Å². The van der Waals surface area contributed by atoms with Crippen LogP contribution in [-0.4, -0.2) is 47.5 Å². The predicted octanol–water partition coefficient (Wildman–Crippen LogP) is 3.06. The zero-order chi connectivity index (χ0) is 22.1. The lowest BCUT2D eigenvalue weighted by Gasteiger charge is -2.19. The van der Waals surface area contributed by atoms with Gasteiger partial charge < -0.3 is 25.3 Å². The molecule has 0 aromatic heterocycles. The van der Waals surface area contributed by atoms with E-state index in [9.17, 15) is 14.7 Å². The second-order valence-electron chi connectivity index (χ2n) is 7.04. The standard InChI is InChI=1S/C22H24BrN3O5/c23-20-12-18(31-26-20)13-24-21(28)19(16-6-8-17(27)9-7-16)14-25-22(29)30-11-10-15-4-2-1-3-5-15/h1-9,18-19,27H,10-14H2,(H,24,28)(H,25,29)/t18?,19-/m0/s1. The number of rotatable bonds is 9. The van der Waals surface area contributed by atoms with E-state index in [0.717, 1.165) is 5.56 Å². The Morgan fingerprint density at radius 2 is 1.90 bits per heavy atom. The van der Waals surface area contributed by atoms with Crippen molar-refractivity contribution in [1.29, 1.82) is 0 Å². The maximum atomic E-state index is 12.8. The lowest BCUT2D eigenvalue weighted by atomic mass is 9.98. The molecule has 0 saturated carbocycles. The number of ether oxygens (including phenoxy) is 1. The Labute approximate surface area is 188 Å². The Kier molecular flexibility index (Phi) is 8.28. The molecule has 3 rings (SSSR count). The number of carbonyl (C=O) groups excluding carboxylic acids is 2. The molecule has 3 N–H and O–H groups in total. The molecule has 2 aromatic carbocycles. The molecule has 1 aliphatic heterocycles. The van der Waals surface area contributed by atoms with Crippen LogP contribution in [0.5, 0.6) is 5.75 Å². The second kappa shape index (κ2) is 11.4. The summed E-state index contributed by atoms with van der Waals surface area (Å²) in [6.45, 7) is 0.569. The zero-order valence-electron chi connectivity index (χ0n) is 16.8. The molecular weight excluding hydrogens is 466 g/mol. The van der Waals surface area contributed by atoms with Crippen LogP contribution in [0.4, 0.5) is 4.79 Å². The SMILES string of the molecule is O=C(NC[C@H](C(=O)NCC1CC(Br)=NO1)c1ccc(O)cc1)OCCc1ccccc1. The largest absolute Gasteiger partial charge is 0.508 e. The van der Waals surface area contributed by atoms with Crippen LogP contribution < -0.4 is 10.6 Å². The molecule has 164 valence electrons. The first kappa shape index (κ1) is 22.6. The number of amides is 2. The van der Waals surface area contributed by atoms with Crippen LogP contribution in [0, 0.1) is 0 Å². The van der Waals surface area contributed by atoms with Gasteiger partial charge in [0.2, 0.25) is 5.91 Å². The maximum absolute atomic E-state index is 12.8. The number of aromatic hydroxyl groups is 1. The number of hydrogen-bond donors (Lipinski definition) is 3. The molecule has 31 heavy (non-hydrogen) atoms. The number of benzene rings is 2. The highest BCUT2D eigenvalue weighted by atomic mass is 79.9. The zero-order valence-corrected chi connectivity index (χ0v) is 18.4. The van der Waals surface area contributed by atoms with E-state index in [1.165, 1.54) is 12.1 Å². The molecule has 0 saturated heterocycles. The summed E-state index contributed by atoms with van der Waals surface area (Å²) in [4.78, 5) is 30.1. The van der Waals surface area contributed by atoms with Crippen LogP contribution in [0.3, 0.4) is 0 Å². The van der Waals surface area contributed by atoms with Gasteiger partial charge in [-0.05, 0) is 39.2 Å². The van der Waals surface area contributed by atoms with Crippen molar-refractivity contribution in [3.05, 3.63) is 65.7 Å². The fourth-order valence-corrected chi connectivity index (χ4v) is 3.50. The van der Waals surface area contributed by atoms with E-state index in [-0.39, 0.29) is 37.5 Å². The van der Waals surface area contributed by atoms with Gasteiger partial charge in [0.25, 0.3) is 0 Å². The molecule has 0 fully saturated rings. The van der Waals surface area contributed by atoms with Crippen molar-refractivity contribution >= 4 is 32.6 Å². The average molecular weight is 490 g/mol. The molecule has 9 heteroatoms. The Morgan fingerprint density at radius 1 is 1.16 bits per heavy atom. The van der Waals surface area contributed by atoms with Crippen molar-refractivity contribution in [2.75, 3.05) is 19.7 Å². The number of nitrogens with one attached hydrogen (secondary N) is 2. The number of oxime groups is 1. The normalized spacial score (nSPS) is 16.0. The highest BCUT2D eigenvalue weighted by Crippen LogP contribution is 2.20. The molecule has 0 aliphatic carbocycles. The van der Waals surface area contributed by atoms with E-state index in [1.54, 1.807) is 12.1 Å². The summed E-state index contributed by atoms with van der Waals surface area (Å²) in [5.41, 5.74) is 1.73. The van der Waals surface area contributed by atoms with Gasteiger partial charge in [0.15, 0.2) is 6.10 Å². The minimum absolute atomic E-state index is 0.0481. The topological polar surface area (TPSA) is 109 Å². The minimum atomic E-state index is -0.659. The Morgan fingerprint density at radius 3 is 2.58 bits per heavy atom. The lowest BCUT2D eigenvalue weighted by molar-refractivity contribution is -0.123. The van der Waals surface area contributed by atoms with E-state index in [0.29, 0.717) is 23.0 Å². The summed E-state index contributed by atoms with van der Waals surface area (Å²) < 4.78 is 5.92. The van der Waals surface area contributed by atoms with Gasteiger partial charge in [-0.25, -0.2) is 4.79 Å². The third-order valence-electron chi connectivity index (χ3n) is 4.73. The smallest absolute Gasteiger partial charge is 0.407 e. The molecule has 2 amide bonds. The Balaban J connectivity index is 1.51. The highest BCUT2D eigenvalue weighted by Gasteiger charge is 2.25. The molecule has 8 nitrogen and oxygen atoms in total. The summed E-state index contributed by atoms with van der Waals surface area (Å²) in [7, 11) is 0. The van der Waals surface area contributed by atoms with Gasteiger partial charge in [-0.2, -0.15) is 0 Å². The van der Waals surface area contributed by atoms with Crippen LogP contribution in [-0.2, 0) is 20.8 Å². The number of alkyl carbamates (subject to hydrolysis) is 1. The first-order valence-electron chi connectivity index (χ1n) is 9.90. The van der Waals surface area contributed by atoms with Crippen LogP contribution in [0.2, 0.25) is 0 Å². The molecule has 1 heterocycles. The molecular formula is C22H24BrN3O5. The lowest BCUT2D eigenvalue weighted by Crippen LogP contribution is -2.40. The molecule has 2 atom stereocenters. The van der Waals surface area contributed by atoms with Crippen molar-refractivity contribution in [1.82, 2.24) is 10.6 Å². The first-order chi connectivity index (χ1) is 15.0. The van der Waals surface area contributed by atoms with Crippen LogP contribution >= 0.6 is 15.9 Å². The van der Waals surface area contributed by atoms with E-state index in [2.05, 4.69) is 31.7 Å². The van der Waals surface area contributed by atoms with Gasteiger partial charge >= 0.3 is 6.09 Å². The number of phenolic OH excluding ortho intramolecular Hbond substituents is 1. The maximum Gasteiger partial charge on any atom is 0.407 e. The highest BCUT2D eigenvalue weighted by molar-refractivity contribution is 9.18. The van der Waals surface area contributed by atoms with Gasteiger partial charge in [-0.3, -0.25) is 4.79 Å². The van der Waals surface area contributed by atoms with E-state index in [4.69, 9.17) is 9.57 Å². The molecule has 2 aromatic rings.